The SMILES string of the molecule is C[C@@H](O)[C@H](NC(=O)NC1CC=CCC1)C(=O)O. The highest BCUT2D eigenvalue weighted by molar-refractivity contribution is 5.83. The van der Waals surface area contributed by atoms with E-state index >= 15 is 0 Å². The highest BCUT2D eigenvalue weighted by atomic mass is 16.4. The molecule has 1 aliphatic rings. The van der Waals surface area contributed by atoms with E-state index in [9.17, 15) is 14.7 Å². The first-order valence-electron chi connectivity index (χ1n) is 5.63. The van der Waals surface area contributed by atoms with Crippen LogP contribution in [0.15, 0.2) is 12.2 Å². The van der Waals surface area contributed by atoms with Crippen LogP contribution in [0.1, 0.15) is 26.2 Å². The fraction of sp³-hybridized carbons (Fsp3) is 0.636. The molecule has 0 aromatic carbocycles. The van der Waals surface area contributed by atoms with Gasteiger partial charge < -0.3 is 20.8 Å². The number of rotatable bonds is 4. The van der Waals surface area contributed by atoms with Crippen molar-refractivity contribution in [2.24, 2.45) is 0 Å². The summed E-state index contributed by atoms with van der Waals surface area (Å²) in [5, 5.41) is 22.9. The van der Waals surface area contributed by atoms with Crippen molar-refractivity contribution in [2.45, 2.75) is 44.4 Å². The number of hydrogen-bond donors (Lipinski definition) is 4. The molecule has 0 aromatic heterocycles. The van der Waals surface area contributed by atoms with Gasteiger partial charge in [0.25, 0.3) is 0 Å². The summed E-state index contributed by atoms with van der Waals surface area (Å²) in [6.07, 6.45) is 5.40. The average Bonchev–Trinajstić information content (AvgIpc) is 2.26. The zero-order chi connectivity index (χ0) is 12.8. The Morgan fingerprint density at radius 3 is 2.59 bits per heavy atom. The van der Waals surface area contributed by atoms with Gasteiger partial charge in [-0.15, -0.1) is 0 Å². The van der Waals surface area contributed by atoms with Crippen LogP contribution in [-0.2, 0) is 4.79 Å². The number of aliphatic carboxylic acids is 1. The number of aliphatic hydroxyl groups is 1. The lowest BCUT2D eigenvalue weighted by Crippen LogP contribution is -2.53. The third-order valence-corrected chi connectivity index (χ3v) is 2.64. The Bertz CT molecular complexity index is 315. The molecule has 0 spiro atoms. The Morgan fingerprint density at radius 2 is 2.12 bits per heavy atom. The first kappa shape index (κ1) is 13.5. The third-order valence-electron chi connectivity index (χ3n) is 2.64. The van der Waals surface area contributed by atoms with E-state index in [4.69, 9.17) is 5.11 Å². The molecule has 1 aliphatic carbocycles. The van der Waals surface area contributed by atoms with Crippen LogP contribution in [0.4, 0.5) is 4.79 Å². The van der Waals surface area contributed by atoms with Gasteiger partial charge in [-0.25, -0.2) is 9.59 Å². The van der Waals surface area contributed by atoms with Crippen LogP contribution in [0.3, 0.4) is 0 Å². The highest BCUT2D eigenvalue weighted by Gasteiger charge is 2.25. The van der Waals surface area contributed by atoms with Gasteiger partial charge in [0, 0.05) is 6.04 Å². The normalized spacial score (nSPS) is 22.6. The Labute approximate surface area is 99.7 Å². The molecular weight excluding hydrogens is 224 g/mol. The van der Waals surface area contributed by atoms with Crippen LogP contribution in [0.5, 0.6) is 0 Å². The van der Waals surface area contributed by atoms with Gasteiger partial charge in [-0.1, -0.05) is 12.2 Å². The van der Waals surface area contributed by atoms with Gasteiger partial charge in [0.1, 0.15) is 0 Å². The van der Waals surface area contributed by atoms with Gasteiger partial charge >= 0.3 is 12.0 Å². The molecule has 6 nitrogen and oxygen atoms in total. The van der Waals surface area contributed by atoms with E-state index in [0.29, 0.717) is 0 Å². The fourth-order valence-electron chi connectivity index (χ4n) is 1.68. The summed E-state index contributed by atoms with van der Waals surface area (Å²) in [6.45, 7) is 1.32. The maximum Gasteiger partial charge on any atom is 0.328 e. The van der Waals surface area contributed by atoms with Gasteiger partial charge in [-0.05, 0) is 26.2 Å². The van der Waals surface area contributed by atoms with Crippen LogP contribution >= 0.6 is 0 Å². The highest BCUT2D eigenvalue weighted by Crippen LogP contribution is 2.10. The Balaban J connectivity index is 2.42. The number of carbonyl (C=O) groups excluding carboxylic acids is 1. The number of urea groups is 1. The van der Waals surface area contributed by atoms with Crippen molar-refractivity contribution in [2.75, 3.05) is 0 Å². The second kappa shape index (κ2) is 6.24. The molecule has 4 N–H and O–H groups in total. The maximum absolute atomic E-state index is 11.5. The molecule has 0 heterocycles. The van der Waals surface area contributed by atoms with Gasteiger partial charge in [-0.3, -0.25) is 0 Å². The lowest BCUT2D eigenvalue weighted by Gasteiger charge is -2.22. The topological polar surface area (TPSA) is 98.7 Å². The number of nitrogens with one attached hydrogen (secondary N) is 2. The van der Waals surface area contributed by atoms with Crippen LogP contribution in [0, 0.1) is 0 Å². The summed E-state index contributed by atoms with van der Waals surface area (Å²) in [5.41, 5.74) is 0. The van der Waals surface area contributed by atoms with Crippen molar-refractivity contribution < 1.29 is 19.8 Å². The smallest absolute Gasteiger partial charge is 0.328 e. The minimum absolute atomic E-state index is 0.0310. The maximum atomic E-state index is 11.5. The molecule has 0 aromatic rings. The fourth-order valence-corrected chi connectivity index (χ4v) is 1.68. The number of aliphatic hydroxyl groups excluding tert-OH is 1. The zero-order valence-corrected chi connectivity index (χ0v) is 9.72. The summed E-state index contributed by atoms with van der Waals surface area (Å²) >= 11 is 0. The lowest BCUT2D eigenvalue weighted by atomic mass is 10.0. The molecule has 2 amide bonds. The Morgan fingerprint density at radius 1 is 1.41 bits per heavy atom. The monoisotopic (exact) mass is 242 g/mol. The summed E-state index contributed by atoms with van der Waals surface area (Å²) in [4.78, 5) is 22.3. The molecule has 3 atom stereocenters. The second-order valence-corrected chi connectivity index (χ2v) is 4.16. The van der Waals surface area contributed by atoms with Crippen molar-refractivity contribution in [3.05, 3.63) is 12.2 Å². The van der Waals surface area contributed by atoms with Crippen molar-refractivity contribution in [1.29, 1.82) is 0 Å². The van der Waals surface area contributed by atoms with Crippen LogP contribution in [0.2, 0.25) is 0 Å². The van der Waals surface area contributed by atoms with E-state index in [1.165, 1.54) is 6.92 Å². The number of carboxylic acid groups (broad SMARTS) is 1. The predicted molar refractivity (Wildman–Crippen MR) is 61.6 cm³/mol. The first-order chi connectivity index (χ1) is 8.00. The van der Waals surface area contributed by atoms with E-state index in [1.54, 1.807) is 0 Å². The van der Waals surface area contributed by atoms with Crippen molar-refractivity contribution in [3.8, 4) is 0 Å². The Hall–Kier alpha value is -1.56. The summed E-state index contributed by atoms with van der Waals surface area (Å²) in [6, 6.07) is -1.81. The van der Waals surface area contributed by atoms with Gasteiger partial charge in [0.15, 0.2) is 6.04 Å². The molecule has 0 fully saturated rings. The van der Waals surface area contributed by atoms with Crippen molar-refractivity contribution in [3.63, 3.8) is 0 Å². The van der Waals surface area contributed by atoms with Crippen LogP contribution in [-0.4, -0.2) is 40.4 Å². The molecule has 1 unspecified atom stereocenters. The van der Waals surface area contributed by atoms with Gasteiger partial charge in [0.2, 0.25) is 0 Å². The summed E-state index contributed by atoms with van der Waals surface area (Å²) in [7, 11) is 0. The molecule has 6 heteroatoms. The van der Waals surface area contributed by atoms with E-state index in [-0.39, 0.29) is 6.04 Å². The van der Waals surface area contributed by atoms with E-state index in [0.717, 1.165) is 19.3 Å². The lowest BCUT2D eigenvalue weighted by molar-refractivity contribution is -0.141. The number of carboxylic acids is 1. The van der Waals surface area contributed by atoms with Crippen molar-refractivity contribution >= 4 is 12.0 Å². The molecule has 0 saturated carbocycles. The summed E-state index contributed by atoms with van der Waals surface area (Å²) < 4.78 is 0. The number of allylic oxidation sites excluding steroid dienone is 1. The minimum Gasteiger partial charge on any atom is -0.480 e. The molecule has 0 saturated heterocycles. The number of carbonyl (C=O) groups is 2. The predicted octanol–water partition coefficient (Wildman–Crippen LogP) is 0.228. The quantitative estimate of drug-likeness (QED) is 0.530. The molecular formula is C11H18N2O4. The number of amides is 2. The van der Waals surface area contributed by atoms with Gasteiger partial charge in [-0.2, -0.15) is 0 Å². The molecule has 17 heavy (non-hydrogen) atoms. The van der Waals surface area contributed by atoms with Crippen molar-refractivity contribution in [1.82, 2.24) is 10.6 Å². The van der Waals surface area contributed by atoms with E-state index < -0.39 is 24.1 Å². The Kier molecular flexibility index (Phi) is 4.96. The molecule has 0 radical (unpaired) electrons. The van der Waals surface area contributed by atoms with E-state index in [1.807, 2.05) is 12.2 Å². The first-order valence-corrected chi connectivity index (χ1v) is 5.63. The molecule has 96 valence electrons. The summed E-state index contributed by atoms with van der Waals surface area (Å²) in [5.74, 6) is -1.25. The zero-order valence-electron chi connectivity index (χ0n) is 9.72. The molecule has 0 bridgehead atoms. The second-order valence-electron chi connectivity index (χ2n) is 4.16. The third kappa shape index (κ3) is 4.44. The average molecular weight is 242 g/mol. The number of hydrogen-bond acceptors (Lipinski definition) is 3. The van der Waals surface area contributed by atoms with E-state index in [2.05, 4.69) is 10.6 Å². The van der Waals surface area contributed by atoms with Crippen LogP contribution in [0.25, 0.3) is 0 Å². The minimum atomic E-state index is -1.28. The standard InChI is InChI=1S/C11H18N2O4/c1-7(14)9(10(15)16)13-11(17)12-8-5-3-2-4-6-8/h2-3,7-9,14H,4-6H2,1H3,(H,15,16)(H2,12,13,17)/t7-,8?,9+/m1/s1. The van der Waals surface area contributed by atoms with Crippen LogP contribution < -0.4 is 10.6 Å². The van der Waals surface area contributed by atoms with Gasteiger partial charge in [0.05, 0.1) is 6.10 Å². The molecule has 1 rings (SSSR count). The largest absolute Gasteiger partial charge is 0.480 e. The molecule has 0 aliphatic heterocycles.